The molecule has 1 radical (unpaired) electrons. The van der Waals surface area contributed by atoms with Gasteiger partial charge >= 0.3 is 0 Å². The van der Waals surface area contributed by atoms with Crippen molar-refractivity contribution in [3.05, 3.63) is 0 Å². The lowest BCUT2D eigenvalue weighted by molar-refractivity contribution is 0.520. The maximum atomic E-state index is 10.4. The molecule has 0 aliphatic carbocycles. The Morgan fingerprint density at radius 2 is 1.88 bits per heavy atom. The monoisotopic (exact) mass is 137 g/mol. The van der Waals surface area contributed by atoms with Gasteiger partial charge in [-0.3, -0.25) is 0 Å². The molecule has 0 aliphatic rings. The molecule has 0 aromatic heterocycles. The van der Waals surface area contributed by atoms with Crippen LogP contribution < -0.4 is 5.73 Å². The molecule has 4 nitrogen and oxygen atoms in total. The summed E-state index contributed by atoms with van der Waals surface area (Å²) in [5.41, 5.74) is 6.51. The van der Waals surface area contributed by atoms with Gasteiger partial charge in [-0.2, -0.15) is 0 Å². The Hall–Kier alpha value is -0.130. The summed E-state index contributed by atoms with van der Waals surface area (Å²) in [7, 11) is -0.423. The van der Waals surface area contributed by atoms with Crippen LogP contribution in [0.1, 0.15) is 0 Å². The Balaban J connectivity index is 4.17. The molecular weight excluding hydrogens is 128 g/mol. The van der Waals surface area contributed by atoms with Crippen molar-refractivity contribution in [3.8, 4) is 0 Å². The van der Waals surface area contributed by atoms with E-state index in [4.69, 9.17) is 5.73 Å². The van der Waals surface area contributed by atoms with Gasteiger partial charge in [-0.1, -0.05) is 0 Å². The first-order valence-electron chi connectivity index (χ1n) is 2.05. The van der Waals surface area contributed by atoms with Crippen LogP contribution in [0.15, 0.2) is 0 Å². The van der Waals surface area contributed by atoms with Crippen molar-refractivity contribution in [2.45, 2.75) is 0 Å². The third kappa shape index (κ3) is 1.77. The lowest BCUT2D eigenvalue weighted by Gasteiger charge is -2.06. The Labute approximate surface area is 49.3 Å². The highest BCUT2D eigenvalue weighted by atomic mass is 32.2. The van der Waals surface area contributed by atoms with Gasteiger partial charge in [-0.25, -0.2) is 18.5 Å². The summed E-state index contributed by atoms with van der Waals surface area (Å²) >= 11 is 0. The average Bonchev–Trinajstić information content (AvgIpc) is 1.67. The van der Waals surface area contributed by atoms with Gasteiger partial charge in [0.15, 0.2) is 0 Å². The molecule has 0 rings (SSSR count). The molecular formula is C3H9N2O2S. The normalized spacial score (nSPS) is 12.5. The van der Waals surface area contributed by atoms with Gasteiger partial charge in [0.05, 0.1) is 0 Å². The summed E-state index contributed by atoms with van der Waals surface area (Å²) in [6, 6.07) is 0. The molecule has 0 bridgehead atoms. The van der Waals surface area contributed by atoms with Crippen molar-refractivity contribution >= 4 is 10.0 Å². The van der Waals surface area contributed by atoms with Crippen LogP contribution in [-0.4, -0.2) is 32.7 Å². The van der Waals surface area contributed by atoms with Gasteiger partial charge in [0, 0.05) is 14.1 Å². The molecule has 0 heterocycles. The highest BCUT2D eigenvalue weighted by Gasteiger charge is 2.08. The van der Waals surface area contributed by atoms with Gasteiger partial charge in [-0.15, -0.1) is 0 Å². The molecule has 0 aromatic carbocycles. The molecule has 1 N–H and O–H groups in total. The fourth-order valence-corrected chi connectivity index (χ4v) is 0.387. The van der Waals surface area contributed by atoms with E-state index in [2.05, 4.69) is 0 Å². The lowest BCUT2D eigenvalue weighted by atomic mass is 11.3. The second-order valence-electron chi connectivity index (χ2n) is 1.54. The first kappa shape index (κ1) is 7.87. The van der Waals surface area contributed by atoms with Gasteiger partial charge in [0.2, 0.25) is 10.0 Å². The maximum Gasteiger partial charge on any atom is 0.227 e. The van der Waals surface area contributed by atoms with E-state index in [-0.39, 0.29) is 0 Å². The first-order valence-corrected chi connectivity index (χ1v) is 3.66. The van der Waals surface area contributed by atoms with Crippen LogP contribution in [0, 0.1) is 0 Å². The second kappa shape index (κ2) is 2.43. The SMILES string of the molecule is CN(C)S(=O)(=O)C[NH]. The van der Waals surface area contributed by atoms with E-state index in [0.29, 0.717) is 0 Å². The third-order valence-corrected chi connectivity index (χ3v) is 2.22. The number of rotatable bonds is 2. The van der Waals surface area contributed by atoms with Gasteiger partial charge < -0.3 is 0 Å². The van der Waals surface area contributed by atoms with Crippen molar-refractivity contribution < 1.29 is 8.42 Å². The molecule has 8 heavy (non-hydrogen) atoms. The smallest absolute Gasteiger partial charge is 0.227 e. The Morgan fingerprint density at radius 1 is 1.50 bits per heavy atom. The maximum absolute atomic E-state index is 10.4. The Morgan fingerprint density at radius 3 is 1.88 bits per heavy atom. The van der Waals surface area contributed by atoms with Crippen LogP contribution in [0.4, 0.5) is 0 Å². The number of nitrogens with zero attached hydrogens (tertiary/aromatic N) is 1. The molecule has 0 unspecified atom stereocenters. The molecule has 0 amide bonds. The molecule has 49 valence electrons. The number of hydrogen-bond acceptors (Lipinski definition) is 2. The third-order valence-electron chi connectivity index (χ3n) is 0.739. The largest absolute Gasteiger partial charge is 0.240 e. The fraction of sp³-hybridized carbons (Fsp3) is 1.00. The molecule has 0 saturated carbocycles. The highest BCUT2D eigenvalue weighted by molar-refractivity contribution is 7.88. The molecule has 5 heteroatoms. The average molecular weight is 137 g/mol. The Kier molecular flexibility index (Phi) is 2.39. The van der Waals surface area contributed by atoms with E-state index in [0.717, 1.165) is 4.31 Å². The molecule has 0 fully saturated rings. The van der Waals surface area contributed by atoms with Gasteiger partial charge in [0.25, 0.3) is 0 Å². The van der Waals surface area contributed by atoms with Crippen LogP contribution in [0.5, 0.6) is 0 Å². The van der Waals surface area contributed by atoms with E-state index in [1.54, 1.807) is 0 Å². The van der Waals surface area contributed by atoms with E-state index in [9.17, 15) is 8.42 Å². The van der Waals surface area contributed by atoms with Gasteiger partial charge in [-0.05, 0) is 0 Å². The zero-order chi connectivity index (χ0) is 6.78. The van der Waals surface area contributed by atoms with E-state index >= 15 is 0 Å². The summed E-state index contributed by atoms with van der Waals surface area (Å²) in [5.74, 6) is -0.569. The van der Waals surface area contributed by atoms with Crippen LogP contribution in [0.2, 0.25) is 0 Å². The zero-order valence-corrected chi connectivity index (χ0v) is 5.70. The van der Waals surface area contributed by atoms with E-state index in [1.165, 1.54) is 14.1 Å². The van der Waals surface area contributed by atoms with Crippen molar-refractivity contribution in [1.29, 1.82) is 0 Å². The minimum absolute atomic E-state index is 0.569. The topological polar surface area (TPSA) is 61.2 Å². The number of hydrogen-bond donors (Lipinski definition) is 0. The summed E-state index contributed by atoms with van der Waals surface area (Å²) in [6.45, 7) is 0. The van der Waals surface area contributed by atoms with Crippen molar-refractivity contribution in [2.24, 2.45) is 0 Å². The van der Waals surface area contributed by atoms with Crippen LogP contribution in [-0.2, 0) is 10.0 Å². The standard InChI is InChI=1S/C3H9N2O2S/c1-5(2)8(6,7)3-4/h4H,3H2,1-2H3. The predicted octanol–water partition coefficient (Wildman–Crippen LogP) is -0.882. The van der Waals surface area contributed by atoms with Crippen LogP contribution >= 0.6 is 0 Å². The van der Waals surface area contributed by atoms with Crippen LogP contribution in [0.3, 0.4) is 0 Å². The van der Waals surface area contributed by atoms with Crippen LogP contribution in [0.25, 0.3) is 0 Å². The quantitative estimate of drug-likeness (QED) is 0.496. The molecule has 0 atom stereocenters. The van der Waals surface area contributed by atoms with Gasteiger partial charge in [0.1, 0.15) is 5.88 Å². The highest BCUT2D eigenvalue weighted by Crippen LogP contribution is 1.88. The summed E-state index contributed by atoms with van der Waals surface area (Å²) in [6.07, 6.45) is 0. The second-order valence-corrected chi connectivity index (χ2v) is 3.72. The molecule has 0 aromatic rings. The fourth-order valence-electron chi connectivity index (χ4n) is 0.129. The zero-order valence-electron chi connectivity index (χ0n) is 4.88. The van der Waals surface area contributed by atoms with Crippen molar-refractivity contribution in [2.75, 3.05) is 20.0 Å². The minimum Gasteiger partial charge on any atom is -0.240 e. The Bertz CT molecular complexity index is 149. The van der Waals surface area contributed by atoms with E-state index in [1.807, 2.05) is 0 Å². The lowest BCUT2D eigenvalue weighted by Crippen LogP contribution is -2.25. The first-order chi connectivity index (χ1) is 3.50. The van der Waals surface area contributed by atoms with E-state index < -0.39 is 15.9 Å². The number of nitrogens with one attached hydrogen (secondary N) is 1. The summed E-state index contributed by atoms with van der Waals surface area (Å²) < 4.78 is 21.9. The van der Waals surface area contributed by atoms with Crippen molar-refractivity contribution in [1.82, 2.24) is 10.0 Å². The summed E-state index contributed by atoms with van der Waals surface area (Å²) in [5, 5.41) is 0. The summed E-state index contributed by atoms with van der Waals surface area (Å²) in [4.78, 5) is 0. The minimum atomic E-state index is -3.24. The molecule has 0 saturated heterocycles. The number of sulfonamides is 1. The molecule has 0 spiro atoms. The molecule has 0 aliphatic heterocycles. The van der Waals surface area contributed by atoms with Crippen molar-refractivity contribution in [3.63, 3.8) is 0 Å². The predicted molar refractivity (Wildman–Crippen MR) is 30.6 cm³/mol.